The normalized spacial score (nSPS) is 12.2. The van der Waals surface area contributed by atoms with Crippen molar-refractivity contribution in [1.29, 1.82) is 0 Å². The Balaban J connectivity index is 2.07. The Morgan fingerprint density at radius 1 is 1.44 bits per heavy atom. The molecule has 5 heteroatoms. The molecule has 0 aromatic carbocycles. The van der Waals surface area contributed by atoms with E-state index in [0.717, 1.165) is 6.42 Å². The molecule has 0 fully saturated rings. The predicted molar refractivity (Wildman–Crippen MR) is 74.5 cm³/mol. The second-order valence-electron chi connectivity index (χ2n) is 4.14. The van der Waals surface area contributed by atoms with Crippen molar-refractivity contribution in [2.24, 2.45) is 0 Å². The fourth-order valence-electron chi connectivity index (χ4n) is 1.67. The summed E-state index contributed by atoms with van der Waals surface area (Å²) < 4.78 is 5.11. The molecule has 0 radical (unpaired) electrons. The van der Waals surface area contributed by atoms with Crippen LogP contribution in [-0.4, -0.2) is 30.2 Å². The van der Waals surface area contributed by atoms with Gasteiger partial charge in [-0.2, -0.15) is 4.98 Å². The van der Waals surface area contributed by atoms with E-state index in [1.54, 1.807) is 30.7 Å². The molecule has 0 saturated carbocycles. The lowest BCUT2D eigenvalue weighted by molar-refractivity contribution is 0.396. The van der Waals surface area contributed by atoms with Crippen molar-refractivity contribution in [2.75, 3.05) is 19.1 Å². The maximum Gasteiger partial charge on any atom is 0.228 e. The molecule has 0 amide bonds. The summed E-state index contributed by atoms with van der Waals surface area (Å²) in [5.41, 5.74) is 0. The molecule has 2 aromatic rings. The maximum absolute atomic E-state index is 5.11. The highest BCUT2D eigenvalue weighted by molar-refractivity contribution is 7.09. The van der Waals surface area contributed by atoms with Crippen LogP contribution in [0.1, 0.15) is 11.8 Å². The van der Waals surface area contributed by atoms with E-state index in [2.05, 4.69) is 39.3 Å². The number of rotatable bonds is 5. The van der Waals surface area contributed by atoms with Crippen LogP contribution in [0.15, 0.2) is 29.8 Å². The number of likely N-dealkylation sites (N-methyl/N-ethyl adjacent to an activating group) is 1. The first-order chi connectivity index (χ1) is 8.70. The van der Waals surface area contributed by atoms with Crippen molar-refractivity contribution in [3.8, 4) is 5.88 Å². The molecule has 96 valence electrons. The molecular formula is C13H17N3OS. The van der Waals surface area contributed by atoms with Crippen LogP contribution in [0, 0.1) is 0 Å². The van der Waals surface area contributed by atoms with Gasteiger partial charge in [-0.05, 0) is 18.4 Å². The molecule has 18 heavy (non-hydrogen) atoms. The highest BCUT2D eigenvalue weighted by atomic mass is 32.1. The van der Waals surface area contributed by atoms with E-state index in [9.17, 15) is 0 Å². The number of nitrogens with zero attached hydrogens (tertiary/aromatic N) is 3. The Morgan fingerprint density at radius 2 is 2.28 bits per heavy atom. The number of thiophene rings is 1. The summed E-state index contributed by atoms with van der Waals surface area (Å²) in [6, 6.07) is 6.33. The number of anilines is 1. The first kappa shape index (κ1) is 12.8. The van der Waals surface area contributed by atoms with E-state index in [4.69, 9.17) is 4.74 Å². The number of hydrogen-bond donors (Lipinski definition) is 0. The average Bonchev–Trinajstić information content (AvgIpc) is 2.90. The lowest BCUT2D eigenvalue weighted by atomic mass is 10.2. The van der Waals surface area contributed by atoms with E-state index in [0.29, 0.717) is 17.9 Å². The van der Waals surface area contributed by atoms with Gasteiger partial charge in [-0.1, -0.05) is 6.07 Å². The molecule has 2 rings (SSSR count). The molecule has 2 aromatic heterocycles. The topological polar surface area (TPSA) is 38.2 Å². The molecule has 0 spiro atoms. The van der Waals surface area contributed by atoms with Gasteiger partial charge in [0.2, 0.25) is 11.8 Å². The minimum atomic E-state index is 0.343. The third-order valence-electron chi connectivity index (χ3n) is 2.88. The molecule has 4 nitrogen and oxygen atoms in total. The minimum absolute atomic E-state index is 0.343. The number of methoxy groups -OCH3 is 1. The van der Waals surface area contributed by atoms with Gasteiger partial charge in [0.25, 0.3) is 0 Å². The molecule has 0 aliphatic carbocycles. The Morgan fingerprint density at radius 3 is 2.94 bits per heavy atom. The second-order valence-corrected chi connectivity index (χ2v) is 5.17. The third kappa shape index (κ3) is 2.98. The predicted octanol–water partition coefficient (Wildman–Crippen LogP) is 2.61. The van der Waals surface area contributed by atoms with Gasteiger partial charge in [0.05, 0.1) is 7.11 Å². The van der Waals surface area contributed by atoms with Crippen LogP contribution in [-0.2, 0) is 6.42 Å². The lowest BCUT2D eigenvalue weighted by Gasteiger charge is -2.24. The van der Waals surface area contributed by atoms with Crippen molar-refractivity contribution in [2.45, 2.75) is 19.4 Å². The van der Waals surface area contributed by atoms with Crippen LogP contribution in [0.5, 0.6) is 5.88 Å². The number of ether oxygens (including phenoxy) is 1. The van der Waals surface area contributed by atoms with Crippen LogP contribution in [0.4, 0.5) is 5.95 Å². The molecular weight excluding hydrogens is 246 g/mol. The number of hydrogen-bond acceptors (Lipinski definition) is 5. The van der Waals surface area contributed by atoms with E-state index in [-0.39, 0.29) is 0 Å². The molecule has 1 atom stereocenters. The van der Waals surface area contributed by atoms with Crippen LogP contribution in [0.3, 0.4) is 0 Å². The highest BCUT2D eigenvalue weighted by Crippen LogP contribution is 2.17. The van der Waals surface area contributed by atoms with Crippen molar-refractivity contribution in [1.82, 2.24) is 9.97 Å². The standard InChI is InChI=1S/C13H17N3OS/c1-10(9-11-5-4-8-18-11)16(2)13-14-7-6-12(15-13)17-3/h4-8,10H,9H2,1-3H3. The van der Waals surface area contributed by atoms with Crippen molar-refractivity contribution in [3.63, 3.8) is 0 Å². The quantitative estimate of drug-likeness (QED) is 0.831. The summed E-state index contributed by atoms with van der Waals surface area (Å²) in [6.45, 7) is 2.17. The van der Waals surface area contributed by atoms with Crippen molar-refractivity contribution in [3.05, 3.63) is 34.7 Å². The fourth-order valence-corrected chi connectivity index (χ4v) is 2.50. The second kappa shape index (κ2) is 5.82. The van der Waals surface area contributed by atoms with Crippen LogP contribution in [0.2, 0.25) is 0 Å². The minimum Gasteiger partial charge on any atom is -0.481 e. The zero-order valence-electron chi connectivity index (χ0n) is 10.8. The van der Waals surface area contributed by atoms with E-state index in [1.807, 2.05) is 7.05 Å². The van der Waals surface area contributed by atoms with Crippen molar-refractivity contribution >= 4 is 17.3 Å². The van der Waals surface area contributed by atoms with Gasteiger partial charge >= 0.3 is 0 Å². The monoisotopic (exact) mass is 263 g/mol. The molecule has 0 aliphatic heterocycles. The summed E-state index contributed by atoms with van der Waals surface area (Å²) in [7, 11) is 3.62. The highest BCUT2D eigenvalue weighted by Gasteiger charge is 2.14. The Hall–Kier alpha value is -1.62. The van der Waals surface area contributed by atoms with E-state index < -0.39 is 0 Å². The zero-order valence-corrected chi connectivity index (χ0v) is 11.6. The molecule has 0 bridgehead atoms. The van der Waals surface area contributed by atoms with Gasteiger partial charge < -0.3 is 9.64 Å². The van der Waals surface area contributed by atoms with Gasteiger partial charge in [-0.15, -0.1) is 11.3 Å². The number of aromatic nitrogens is 2. The van der Waals surface area contributed by atoms with Crippen LogP contribution in [0.25, 0.3) is 0 Å². The average molecular weight is 263 g/mol. The third-order valence-corrected chi connectivity index (χ3v) is 3.78. The fraction of sp³-hybridized carbons (Fsp3) is 0.385. The molecule has 1 unspecified atom stereocenters. The Kier molecular flexibility index (Phi) is 4.15. The Bertz CT molecular complexity index is 487. The van der Waals surface area contributed by atoms with Gasteiger partial charge in [0.15, 0.2) is 0 Å². The molecule has 0 N–H and O–H groups in total. The van der Waals surface area contributed by atoms with Crippen LogP contribution >= 0.6 is 11.3 Å². The summed E-state index contributed by atoms with van der Waals surface area (Å²) in [5, 5.41) is 2.10. The summed E-state index contributed by atoms with van der Waals surface area (Å²) >= 11 is 1.78. The summed E-state index contributed by atoms with van der Waals surface area (Å²) in [4.78, 5) is 12.1. The lowest BCUT2D eigenvalue weighted by Crippen LogP contribution is -2.31. The summed E-state index contributed by atoms with van der Waals surface area (Å²) in [5.74, 6) is 1.29. The van der Waals surface area contributed by atoms with Crippen molar-refractivity contribution < 1.29 is 4.74 Å². The van der Waals surface area contributed by atoms with Gasteiger partial charge in [-0.3, -0.25) is 0 Å². The maximum atomic E-state index is 5.11. The van der Waals surface area contributed by atoms with E-state index in [1.165, 1.54) is 4.88 Å². The summed E-state index contributed by atoms with van der Waals surface area (Å²) in [6.07, 6.45) is 2.71. The molecule has 0 aliphatic rings. The smallest absolute Gasteiger partial charge is 0.228 e. The van der Waals surface area contributed by atoms with Gasteiger partial charge in [-0.25, -0.2) is 4.98 Å². The van der Waals surface area contributed by atoms with E-state index >= 15 is 0 Å². The molecule has 0 saturated heterocycles. The first-order valence-electron chi connectivity index (χ1n) is 5.83. The SMILES string of the molecule is COc1ccnc(N(C)C(C)Cc2cccs2)n1. The Labute approximate surface area is 111 Å². The molecule has 2 heterocycles. The first-order valence-corrected chi connectivity index (χ1v) is 6.71. The van der Waals surface area contributed by atoms with Gasteiger partial charge in [0, 0.05) is 36.7 Å². The largest absolute Gasteiger partial charge is 0.481 e. The zero-order chi connectivity index (χ0) is 13.0. The van der Waals surface area contributed by atoms with Crippen LogP contribution < -0.4 is 9.64 Å². The van der Waals surface area contributed by atoms with Gasteiger partial charge in [0.1, 0.15) is 0 Å².